The third kappa shape index (κ3) is 3.77. The fourth-order valence-electron chi connectivity index (χ4n) is 3.24. The quantitative estimate of drug-likeness (QED) is 0.433. The fraction of sp³-hybridized carbons (Fsp3) is 0.143. The van der Waals surface area contributed by atoms with Gasteiger partial charge in [-0.1, -0.05) is 12.6 Å². The lowest BCUT2D eigenvalue weighted by atomic mass is 9.99. The molecule has 0 aromatic carbocycles. The Morgan fingerprint density at radius 3 is 2.83 bits per heavy atom. The van der Waals surface area contributed by atoms with Crippen molar-refractivity contribution in [3.8, 4) is 5.82 Å². The van der Waals surface area contributed by atoms with Crippen LogP contribution in [0.3, 0.4) is 0 Å². The second-order valence-corrected chi connectivity index (χ2v) is 8.77. The third-order valence-corrected chi connectivity index (χ3v) is 6.92. The molecule has 2 amide bonds. The molecule has 0 aliphatic carbocycles. The number of carbonyl (C=O) groups is 2. The number of hydrogen-bond acceptors (Lipinski definition) is 6. The topological polar surface area (TPSA) is 103 Å². The summed E-state index contributed by atoms with van der Waals surface area (Å²) in [5, 5.41) is 8.10. The normalized spacial score (nSPS) is 12.0. The highest BCUT2D eigenvalue weighted by Gasteiger charge is 2.24. The second kappa shape index (κ2) is 8.21. The largest absolute Gasteiger partial charge is 0.366 e. The van der Waals surface area contributed by atoms with Crippen LogP contribution >= 0.6 is 22.7 Å². The summed E-state index contributed by atoms with van der Waals surface area (Å²) < 4.78 is 2.87. The molecule has 7 nitrogen and oxygen atoms in total. The molecule has 9 heteroatoms. The molecule has 1 unspecified atom stereocenters. The first-order chi connectivity index (χ1) is 14.5. The summed E-state index contributed by atoms with van der Waals surface area (Å²) in [6, 6.07) is 6.83. The average molecular weight is 438 g/mol. The van der Waals surface area contributed by atoms with Crippen molar-refractivity contribution >= 4 is 43.9 Å². The van der Waals surface area contributed by atoms with E-state index in [2.05, 4.69) is 21.9 Å². The Bertz CT molecular complexity index is 1240. The van der Waals surface area contributed by atoms with Crippen molar-refractivity contribution in [3.05, 3.63) is 76.7 Å². The maximum absolute atomic E-state index is 13.1. The molecule has 4 rings (SSSR count). The zero-order valence-corrected chi connectivity index (χ0v) is 17.8. The molecular weight excluding hydrogens is 418 g/mol. The smallest absolute Gasteiger partial charge is 0.270 e. The molecule has 0 spiro atoms. The van der Waals surface area contributed by atoms with Crippen molar-refractivity contribution < 1.29 is 9.59 Å². The molecule has 3 N–H and O–H groups in total. The van der Waals surface area contributed by atoms with Gasteiger partial charge < -0.3 is 11.1 Å². The number of fused-ring (bicyclic) bond motifs is 1. The molecule has 4 aromatic heterocycles. The summed E-state index contributed by atoms with van der Waals surface area (Å²) in [4.78, 5) is 33.6. The minimum atomic E-state index is -0.647. The summed E-state index contributed by atoms with van der Waals surface area (Å²) in [7, 11) is 0. The molecule has 0 fully saturated rings. The van der Waals surface area contributed by atoms with Gasteiger partial charge in [0.15, 0.2) is 0 Å². The molecule has 30 heavy (non-hydrogen) atoms. The molecule has 0 bridgehead atoms. The fourth-order valence-corrected chi connectivity index (χ4v) is 5.22. The van der Waals surface area contributed by atoms with Crippen LogP contribution in [-0.4, -0.2) is 32.4 Å². The standard InChI is InChI=1S/C21H19N5O2S2/c1-12(19(22)27)16(9-14-11-30-21-15(14)6-8-29-21)25-20(28)17-10-24-13(2)26(17)18-5-3-4-7-23-18/h3-8,10-11,16H,1,9H2,2H3,(H2,22,27)(H,25,28). The Labute approximate surface area is 180 Å². The highest BCUT2D eigenvalue weighted by atomic mass is 32.2. The Morgan fingerprint density at radius 1 is 1.27 bits per heavy atom. The van der Waals surface area contributed by atoms with Crippen LogP contribution in [0.4, 0.5) is 0 Å². The molecule has 0 radical (unpaired) electrons. The van der Waals surface area contributed by atoms with Gasteiger partial charge in [-0.2, -0.15) is 0 Å². The second-order valence-electron chi connectivity index (χ2n) is 6.72. The van der Waals surface area contributed by atoms with Crippen LogP contribution in [0.15, 0.2) is 59.6 Å². The molecule has 152 valence electrons. The van der Waals surface area contributed by atoms with Crippen LogP contribution < -0.4 is 11.1 Å². The number of pyridine rings is 1. The molecule has 0 aliphatic heterocycles. The van der Waals surface area contributed by atoms with Crippen molar-refractivity contribution in [2.45, 2.75) is 19.4 Å². The zero-order chi connectivity index (χ0) is 21.3. The van der Waals surface area contributed by atoms with Gasteiger partial charge in [0.2, 0.25) is 5.91 Å². The lowest BCUT2D eigenvalue weighted by Crippen LogP contribution is -2.41. The predicted molar refractivity (Wildman–Crippen MR) is 119 cm³/mol. The van der Waals surface area contributed by atoms with E-state index < -0.39 is 11.9 Å². The molecule has 0 aliphatic rings. The van der Waals surface area contributed by atoms with Crippen molar-refractivity contribution in [2.24, 2.45) is 5.73 Å². The minimum absolute atomic E-state index is 0.151. The number of thiophene rings is 2. The predicted octanol–water partition coefficient (Wildman–Crippen LogP) is 3.23. The zero-order valence-electron chi connectivity index (χ0n) is 16.2. The van der Waals surface area contributed by atoms with Crippen LogP contribution in [-0.2, 0) is 11.2 Å². The van der Waals surface area contributed by atoms with Crippen molar-refractivity contribution in [3.63, 3.8) is 0 Å². The van der Waals surface area contributed by atoms with E-state index in [1.165, 1.54) is 10.2 Å². The number of imidazole rings is 1. The number of aromatic nitrogens is 3. The van der Waals surface area contributed by atoms with E-state index in [9.17, 15) is 9.59 Å². The Morgan fingerprint density at radius 2 is 2.10 bits per heavy atom. The van der Waals surface area contributed by atoms with Crippen LogP contribution in [0.1, 0.15) is 21.9 Å². The summed E-state index contributed by atoms with van der Waals surface area (Å²) >= 11 is 3.30. The average Bonchev–Trinajstić information content (AvgIpc) is 3.44. The van der Waals surface area contributed by atoms with E-state index in [1.54, 1.807) is 52.5 Å². The molecule has 0 saturated carbocycles. The van der Waals surface area contributed by atoms with Gasteiger partial charge in [-0.3, -0.25) is 14.2 Å². The monoisotopic (exact) mass is 437 g/mol. The van der Waals surface area contributed by atoms with Gasteiger partial charge in [0.25, 0.3) is 5.91 Å². The Hall–Kier alpha value is -3.30. The molecular formula is C21H19N5O2S2. The Balaban J connectivity index is 1.64. The highest BCUT2D eigenvalue weighted by molar-refractivity contribution is 7.36. The van der Waals surface area contributed by atoms with Gasteiger partial charge in [-0.25, -0.2) is 9.97 Å². The van der Waals surface area contributed by atoms with E-state index in [-0.39, 0.29) is 11.5 Å². The van der Waals surface area contributed by atoms with E-state index in [0.717, 1.165) is 10.9 Å². The molecule has 1 atom stereocenters. The number of rotatable bonds is 7. The SMILES string of the molecule is C=C(C(N)=O)C(Cc1csc2sccc12)NC(=O)c1cnc(C)n1-c1ccccn1. The maximum atomic E-state index is 13.1. The summed E-state index contributed by atoms with van der Waals surface area (Å²) in [5.74, 6) is 0.180. The first-order valence-corrected chi connectivity index (χ1v) is 10.9. The highest BCUT2D eigenvalue weighted by Crippen LogP contribution is 2.32. The molecule has 4 heterocycles. The minimum Gasteiger partial charge on any atom is -0.366 e. The van der Waals surface area contributed by atoms with Crippen molar-refractivity contribution in [1.29, 1.82) is 0 Å². The number of carbonyl (C=O) groups excluding carboxylic acids is 2. The van der Waals surface area contributed by atoms with Crippen molar-refractivity contribution in [1.82, 2.24) is 19.9 Å². The lowest BCUT2D eigenvalue weighted by Gasteiger charge is -2.20. The van der Waals surface area contributed by atoms with Gasteiger partial charge >= 0.3 is 0 Å². The summed E-state index contributed by atoms with van der Waals surface area (Å²) in [5.41, 5.74) is 7.00. The maximum Gasteiger partial charge on any atom is 0.270 e. The lowest BCUT2D eigenvalue weighted by molar-refractivity contribution is -0.114. The number of amides is 2. The van der Waals surface area contributed by atoms with Crippen LogP contribution in [0, 0.1) is 6.92 Å². The number of nitrogens with one attached hydrogen (secondary N) is 1. The molecule has 4 aromatic rings. The van der Waals surface area contributed by atoms with Gasteiger partial charge in [0.1, 0.15) is 17.3 Å². The van der Waals surface area contributed by atoms with E-state index in [1.807, 2.05) is 22.9 Å². The van der Waals surface area contributed by atoms with Gasteiger partial charge in [-0.05, 0) is 47.9 Å². The number of aryl methyl sites for hydroxylation is 1. The van der Waals surface area contributed by atoms with Crippen LogP contribution in [0.2, 0.25) is 0 Å². The molecule has 0 saturated heterocycles. The van der Waals surface area contributed by atoms with Crippen LogP contribution in [0.5, 0.6) is 0 Å². The van der Waals surface area contributed by atoms with E-state index >= 15 is 0 Å². The first-order valence-electron chi connectivity index (χ1n) is 9.14. The number of nitrogens with two attached hydrogens (primary N) is 1. The van der Waals surface area contributed by atoms with Crippen LogP contribution in [0.25, 0.3) is 15.2 Å². The van der Waals surface area contributed by atoms with Gasteiger partial charge in [0.05, 0.1) is 16.3 Å². The number of nitrogens with zero attached hydrogens (tertiary/aromatic N) is 3. The number of hydrogen-bond donors (Lipinski definition) is 2. The van der Waals surface area contributed by atoms with Crippen molar-refractivity contribution in [2.75, 3.05) is 0 Å². The number of primary amides is 1. The third-order valence-electron chi connectivity index (χ3n) is 4.80. The summed E-state index contributed by atoms with van der Waals surface area (Å²) in [6.07, 6.45) is 3.56. The van der Waals surface area contributed by atoms with E-state index in [0.29, 0.717) is 23.8 Å². The Kier molecular flexibility index (Phi) is 5.47. The summed E-state index contributed by atoms with van der Waals surface area (Å²) in [6.45, 7) is 5.61. The van der Waals surface area contributed by atoms with Gasteiger partial charge in [-0.15, -0.1) is 22.7 Å². The van der Waals surface area contributed by atoms with Gasteiger partial charge in [0, 0.05) is 17.2 Å². The first kappa shape index (κ1) is 20.0. The van der Waals surface area contributed by atoms with E-state index in [4.69, 9.17) is 5.73 Å².